The maximum absolute atomic E-state index is 11.5. The summed E-state index contributed by atoms with van der Waals surface area (Å²) in [5.41, 5.74) is 0.996. The molecule has 0 fully saturated rings. The molecule has 19 heavy (non-hydrogen) atoms. The number of ether oxygens (including phenoxy) is 2. The molecule has 0 bridgehead atoms. The van der Waals surface area contributed by atoms with Crippen LogP contribution in [0.25, 0.3) is 0 Å². The second kappa shape index (κ2) is 7.99. The fourth-order valence-electron chi connectivity index (χ4n) is 1.40. The van der Waals surface area contributed by atoms with Crippen LogP contribution in [0.1, 0.15) is 5.56 Å². The van der Waals surface area contributed by atoms with Crippen molar-refractivity contribution < 1.29 is 19.4 Å². The number of aliphatic hydroxyl groups is 1. The molecule has 2 N–H and O–H groups in total. The summed E-state index contributed by atoms with van der Waals surface area (Å²) in [4.78, 5) is 11.5. The van der Waals surface area contributed by atoms with E-state index in [-0.39, 0.29) is 25.7 Å². The van der Waals surface area contributed by atoms with E-state index in [2.05, 4.69) is 5.32 Å². The third-order valence-electron chi connectivity index (χ3n) is 2.34. The SMILES string of the molecule is COCC(O)CNC(=O)COc1cc(C)ccc1Cl. The number of benzene rings is 1. The first kappa shape index (κ1) is 15.8. The predicted octanol–water partition coefficient (Wildman–Crippen LogP) is 1.15. The van der Waals surface area contributed by atoms with Gasteiger partial charge in [0.15, 0.2) is 6.61 Å². The minimum absolute atomic E-state index is 0.123. The Kier molecular flexibility index (Phi) is 6.62. The third kappa shape index (κ3) is 5.92. The fraction of sp³-hybridized carbons (Fsp3) is 0.462. The Morgan fingerprint density at radius 2 is 2.26 bits per heavy atom. The summed E-state index contributed by atoms with van der Waals surface area (Å²) in [6.07, 6.45) is -0.725. The molecule has 5 nitrogen and oxygen atoms in total. The Bertz CT molecular complexity index is 425. The first-order valence-electron chi connectivity index (χ1n) is 5.85. The van der Waals surface area contributed by atoms with Crippen LogP contribution < -0.4 is 10.1 Å². The highest BCUT2D eigenvalue weighted by atomic mass is 35.5. The lowest BCUT2D eigenvalue weighted by Gasteiger charge is -2.12. The summed E-state index contributed by atoms with van der Waals surface area (Å²) in [6, 6.07) is 5.33. The Balaban J connectivity index is 2.35. The molecule has 0 aliphatic carbocycles. The molecule has 1 amide bonds. The molecule has 1 rings (SSSR count). The molecule has 1 aromatic carbocycles. The van der Waals surface area contributed by atoms with E-state index in [1.807, 2.05) is 13.0 Å². The van der Waals surface area contributed by atoms with E-state index in [4.69, 9.17) is 21.1 Å². The molecule has 106 valence electrons. The van der Waals surface area contributed by atoms with Gasteiger partial charge in [0, 0.05) is 13.7 Å². The normalized spacial score (nSPS) is 12.0. The fourth-order valence-corrected chi connectivity index (χ4v) is 1.57. The molecule has 1 atom stereocenters. The number of amides is 1. The van der Waals surface area contributed by atoms with Gasteiger partial charge in [0.2, 0.25) is 0 Å². The maximum Gasteiger partial charge on any atom is 0.258 e. The number of hydrogen-bond acceptors (Lipinski definition) is 4. The van der Waals surface area contributed by atoms with Crippen molar-refractivity contribution in [2.75, 3.05) is 26.9 Å². The summed E-state index contributed by atoms with van der Waals surface area (Å²) < 4.78 is 10.1. The Morgan fingerprint density at radius 3 is 2.95 bits per heavy atom. The first-order chi connectivity index (χ1) is 9.02. The lowest BCUT2D eigenvalue weighted by atomic mass is 10.2. The minimum Gasteiger partial charge on any atom is -0.482 e. The maximum atomic E-state index is 11.5. The van der Waals surface area contributed by atoms with E-state index in [0.29, 0.717) is 10.8 Å². The van der Waals surface area contributed by atoms with Gasteiger partial charge < -0.3 is 19.9 Å². The van der Waals surface area contributed by atoms with E-state index in [9.17, 15) is 9.90 Å². The van der Waals surface area contributed by atoms with Crippen molar-refractivity contribution in [2.45, 2.75) is 13.0 Å². The summed E-state index contributed by atoms with van der Waals surface area (Å²) in [7, 11) is 1.48. The molecule has 0 heterocycles. The van der Waals surface area contributed by atoms with Crippen LogP contribution >= 0.6 is 11.6 Å². The number of nitrogens with one attached hydrogen (secondary N) is 1. The summed E-state index contributed by atoms with van der Waals surface area (Å²) >= 11 is 5.94. The number of carbonyl (C=O) groups excluding carboxylic acids is 1. The highest BCUT2D eigenvalue weighted by Crippen LogP contribution is 2.24. The zero-order chi connectivity index (χ0) is 14.3. The van der Waals surface area contributed by atoms with Gasteiger partial charge in [0.1, 0.15) is 5.75 Å². The second-order valence-electron chi connectivity index (χ2n) is 4.14. The highest BCUT2D eigenvalue weighted by Gasteiger charge is 2.08. The number of methoxy groups -OCH3 is 1. The van der Waals surface area contributed by atoms with Crippen LogP contribution in [0.2, 0.25) is 5.02 Å². The van der Waals surface area contributed by atoms with Crippen LogP contribution in [0.3, 0.4) is 0 Å². The van der Waals surface area contributed by atoms with Crippen molar-refractivity contribution in [3.63, 3.8) is 0 Å². The van der Waals surface area contributed by atoms with Gasteiger partial charge in [-0.2, -0.15) is 0 Å². The first-order valence-corrected chi connectivity index (χ1v) is 6.23. The molecule has 1 unspecified atom stereocenters. The lowest BCUT2D eigenvalue weighted by Crippen LogP contribution is -2.37. The number of carbonyl (C=O) groups is 1. The van der Waals surface area contributed by atoms with Gasteiger partial charge in [-0.15, -0.1) is 0 Å². The number of halogens is 1. The van der Waals surface area contributed by atoms with E-state index in [1.54, 1.807) is 12.1 Å². The molecule has 1 aromatic rings. The summed E-state index contributed by atoms with van der Waals surface area (Å²) in [5, 5.41) is 12.4. The largest absolute Gasteiger partial charge is 0.482 e. The van der Waals surface area contributed by atoms with E-state index < -0.39 is 6.10 Å². The molecule has 0 radical (unpaired) electrons. The van der Waals surface area contributed by atoms with Gasteiger partial charge in [-0.25, -0.2) is 0 Å². The molecular formula is C13H18ClNO4. The van der Waals surface area contributed by atoms with E-state index >= 15 is 0 Å². The zero-order valence-electron chi connectivity index (χ0n) is 11.0. The quantitative estimate of drug-likeness (QED) is 0.789. The predicted molar refractivity (Wildman–Crippen MR) is 72.6 cm³/mol. The third-order valence-corrected chi connectivity index (χ3v) is 2.65. The Hall–Kier alpha value is -1.30. The molecule has 0 aliphatic rings. The van der Waals surface area contributed by atoms with Crippen LogP contribution in [0.15, 0.2) is 18.2 Å². The van der Waals surface area contributed by atoms with Gasteiger partial charge in [-0.05, 0) is 24.6 Å². The molecule has 0 aromatic heterocycles. The highest BCUT2D eigenvalue weighted by molar-refractivity contribution is 6.32. The van der Waals surface area contributed by atoms with Gasteiger partial charge >= 0.3 is 0 Å². The van der Waals surface area contributed by atoms with Gasteiger partial charge in [0.05, 0.1) is 17.7 Å². The topological polar surface area (TPSA) is 67.8 Å². The van der Waals surface area contributed by atoms with Crippen molar-refractivity contribution in [3.05, 3.63) is 28.8 Å². The van der Waals surface area contributed by atoms with Crippen LogP contribution in [0.5, 0.6) is 5.75 Å². The Morgan fingerprint density at radius 1 is 1.53 bits per heavy atom. The molecule has 0 spiro atoms. The smallest absolute Gasteiger partial charge is 0.258 e. The van der Waals surface area contributed by atoms with E-state index in [1.165, 1.54) is 7.11 Å². The van der Waals surface area contributed by atoms with Gasteiger partial charge in [-0.1, -0.05) is 17.7 Å². The molecule has 0 aliphatic heterocycles. The van der Waals surface area contributed by atoms with Crippen LogP contribution in [-0.4, -0.2) is 44.0 Å². The van der Waals surface area contributed by atoms with Crippen LogP contribution in [0.4, 0.5) is 0 Å². The molecular weight excluding hydrogens is 270 g/mol. The number of aliphatic hydroxyl groups excluding tert-OH is 1. The number of hydrogen-bond donors (Lipinski definition) is 2. The molecule has 6 heteroatoms. The van der Waals surface area contributed by atoms with Crippen molar-refractivity contribution in [1.29, 1.82) is 0 Å². The average molecular weight is 288 g/mol. The standard InChI is InChI=1S/C13H18ClNO4/c1-9-3-4-11(14)12(5-9)19-8-13(17)15-6-10(16)7-18-2/h3-5,10,16H,6-8H2,1-2H3,(H,15,17). The summed E-state index contributed by atoms with van der Waals surface area (Å²) in [5.74, 6) is 0.141. The molecule has 0 saturated carbocycles. The van der Waals surface area contributed by atoms with Gasteiger partial charge in [0.25, 0.3) is 5.91 Å². The number of aryl methyl sites for hydroxylation is 1. The van der Waals surface area contributed by atoms with Crippen molar-refractivity contribution >= 4 is 17.5 Å². The van der Waals surface area contributed by atoms with Crippen LogP contribution in [0, 0.1) is 6.92 Å². The van der Waals surface area contributed by atoms with Crippen molar-refractivity contribution in [1.82, 2.24) is 5.32 Å². The average Bonchev–Trinajstić information content (AvgIpc) is 2.38. The van der Waals surface area contributed by atoms with Crippen molar-refractivity contribution in [3.8, 4) is 5.75 Å². The van der Waals surface area contributed by atoms with E-state index in [0.717, 1.165) is 5.56 Å². The molecule has 0 saturated heterocycles. The Labute approximate surface area is 117 Å². The summed E-state index contributed by atoms with van der Waals surface area (Å²) in [6.45, 7) is 2.05. The second-order valence-corrected chi connectivity index (χ2v) is 4.54. The zero-order valence-corrected chi connectivity index (χ0v) is 11.7. The number of rotatable bonds is 7. The monoisotopic (exact) mass is 287 g/mol. The minimum atomic E-state index is -0.725. The lowest BCUT2D eigenvalue weighted by molar-refractivity contribution is -0.123. The van der Waals surface area contributed by atoms with Gasteiger partial charge in [-0.3, -0.25) is 4.79 Å². The van der Waals surface area contributed by atoms with Crippen molar-refractivity contribution in [2.24, 2.45) is 0 Å². The van der Waals surface area contributed by atoms with Crippen LogP contribution in [-0.2, 0) is 9.53 Å².